The molecule has 1 heterocycles. The van der Waals surface area contributed by atoms with E-state index < -0.39 is 72.2 Å². The van der Waals surface area contributed by atoms with Crippen molar-refractivity contribution in [3.8, 4) is 0 Å². The minimum atomic E-state index is -1.18. The quantitative estimate of drug-likeness (QED) is 0.0895. The molecule has 16 nitrogen and oxygen atoms in total. The van der Waals surface area contributed by atoms with E-state index in [0.717, 1.165) is 5.56 Å². The van der Waals surface area contributed by atoms with Crippen molar-refractivity contribution >= 4 is 29.6 Å². The number of ether oxygens (including phenoxy) is 2. The monoisotopic (exact) mass is 772 g/mol. The Kier molecular flexibility index (Phi) is 19.1. The molecule has 1 aliphatic heterocycles. The van der Waals surface area contributed by atoms with Crippen molar-refractivity contribution in [2.24, 2.45) is 22.9 Å². The van der Waals surface area contributed by atoms with E-state index in [2.05, 4.69) is 20.7 Å². The van der Waals surface area contributed by atoms with Crippen molar-refractivity contribution in [2.45, 2.75) is 122 Å². The first-order valence-electron chi connectivity index (χ1n) is 19.1. The number of benzene rings is 1. The Bertz CT molecular complexity index is 1460. The molecule has 3 N–H and O–H groups in total. The molecule has 2 rings (SSSR count). The number of hydrogen-bond acceptors (Lipinski definition) is 9. The molecule has 0 spiro atoms. The van der Waals surface area contributed by atoms with Gasteiger partial charge in [0.1, 0.15) is 12.1 Å². The highest BCUT2D eigenvalue weighted by atomic mass is 16.5. The van der Waals surface area contributed by atoms with Gasteiger partial charge in [0.05, 0.1) is 48.7 Å². The number of azide groups is 1. The van der Waals surface area contributed by atoms with E-state index in [0.29, 0.717) is 25.8 Å². The van der Waals surface area contributed by atoms with Crippen LogP contribution in [0, 0.1) is 17.8 Å². The molecule has 1 saturated heterocycles. The topological polar surface area (TPSA) is 207 Å². The Morgan fingerprint density at radius 1 is 1.00 bits per heavy atom. The second-order valence-electron chi connectivity index (χ2n) is 15.3. The summed E-state index contributed by atoms with van der Waals surface area (Å²) in [7, 11) is 8.12. The van der Waals surface area contributed by atoms with E-state index in [1.54, 1.807) is 69.1 Å². The van der Waals surface area contributed by atoms with Gasteiger partial charge in [0.15, 0.2) is 0 Å². The first-order valence-corrected chi connectivity index (χ1v) is 19.1. The molecule has 308 valence electrons. The Hall–Kier alpha value is -4.24. The average molecular weight is 773 g/mol. The number of methoxy groups -OCH3 is 2. The number of nitrogens with one attached hydrogen (secondary N) is 2. The van der Waals surface area contributed by atoms with Gasteiger partial charge in [-0.1, -0.05) is 83.4 Å². The van der Waals surface area contributed by atoms with E-state index in [1.807, 2.05) is 33.8 Å². The number of carbonyl (C=O) groups excluding carboxylic acids is 4. The molecule has 0 saturated carbocycles. The maximum absolute atomic E-state index is 14.3. The maximum atomic E-state index is 14.3. The predicted molar refractivity (Wildman–Crippen MR) is 209 cm³/mol. The van der Waals surface area contributed by atoms with Gasteiger partial charge >= 0.3 is 5.97 Å². The van der Waals surface area contributed by atoms with Crippen molar-refractivity contribution in [3.63, 3.8) is 0 Å². The van der Waals surface area contributed by atoms with Crippen LogP contribution in [-0.2, 0) is 39.9 Å². The molecule has 0 unspecified atom stereocenters. The number of likely N-dealkylation sites (tertiary alicyclic amines) is 1. The molecule has 0 bridgehead atoms. The standard InChI is InChI=1S/C39H64N8O8/c1-12-24(4)34(46(9)38(51)32(26(6)43-44-40)42-37(50)33(23(2)3)45(7)8)30(54-10)22-31(48)47-20-16-19-29(47)35(55-11)25(5)36(49)41-28(39(52)53)21-27-17-14-13-15-18-27/h13-15,17-18,23-26,28-30,32-35H,12,16,19-22H2,1-11H3,(H,41,49)(H,42,50)(H,52,53)/t24-,25+,26-,28-,29-,30+,32-,33-,34-,35+/m0/s1. The number of amides is 4. The SMILES string of the molecule is CC[C@H](C)[C@@H]([C@@H](CC(=O)N1CCC[C@H]1[C@H](OC)[C@@H](C)C(=O)N[C@@H](Cc1ccccc1)C(=O)O)OC)N(C)C(=O)[C@@H](NC(=O)[C@H](C(C)C)N(C)C)[C@H](C)N=[N+]=[N-]. The van der Waals surface area contributed by atoms with Crippen LogP contribution in [0.25, 0.3) is 10.4 Å². The van der Waals surface area contributed by atoms with Crippen LogP contribution in [0.3, 0.4) is 0 Å². The number of nitrogens with zero attached hydrogens (tertiary/aromatic N) is 6. The molecule has 1 aromatic carbocycles. The number of carboxylic acids is 1. The third-order valence-electron chi connectivity index (χ3n) is 10.9. The van der Waals surface area contributed by atoms with Gasteiger partial charge in [-0.2, -0.15) is 0 Å². The molecule has 10 atom stereocenters. The third kappa shape index (κ3) is 12.6. The summed E-state index contributed by atoms with van der Waals surface area (Å²) in [4.78, 5) is 75.4. The van der Waals surface area contributed by atoms with Crippen molar-refractivity contribution < 1.29 is 38.6 Å². The predicted octanol–water partition coefficient (Wildman–Crippen LogP) is 3.49. The normalized spacial score (nSPS) is 19.2. The molecule has 0 aromatic heterocycles. The number of rotatable bonds is 22. The summed E-state index contributed by atoms with van der Waals surface area (Å²) in [5.41, 5.74) is 10.0. The lowest BCUT2D eigenvalue weighted by molar-refractivity contribution is -0.148. The Morgan fingerprint density at radius 2 is 1.64 bits per heavy atom. The molecule has 0 radical (unpaired) electrons. The van der Waals surface area contributed by atoms with Gasteiger partial charge in [-0.15, -0.1) is 0 Å². The van der Waals surface area contributed by atoms with Crippen molar-refractivity contribution in [1.82, 2.24) is 25.3 Å². The average Bonchev–Trinajstić information content (AvgIpc) is 3.62. The van der Waals surface area contributed by atoms with Crippen LogP contribution in [-0.4, -0.2) is 140 Å². The second-order valence-corrected chi connectivity index (χ2v) is 15.3. The van der Waals surface area contributed by atoms with Crippen LogP contribution in [0.1, 0.15) is 72.8 Å². The van der Waals surface area contributed by atoms with Gasteiger partial charge in [-0.25, -0.2) is 4.79 Å². The van der Waals surface area contributed by atoms with E-state index >= 15 is 0 Å². The van der Waals surface area contributed by atoms with E-state index in [9.17, 15) is 34.6 Å². The molecule has 1 fully saturated rings. The zero-order chi connectivity index (χ0) is 41.6. The fourth-order valence-corrected chi connectivity index (χ4v) is 7.79. The van der Waals surface area contributed by atoms with Gasteiger partial charge in [0.2, 0.25) is 23.6 Å². The minimum Gasteiger partial charge on any atom is -0.480 e. The Labute approximate surface area is 326 Å². The number of aliphatic carboxylic acids is 1. The van der Waals surface area contributed by atoms with Crippen LogP contribution < -0.4 is 10.6 Å². The van der Waals surface area contributed by atoms with E-state index in [4.69, 9.17) is 9.47 Å². The number of hydrogen-bond donors (Lipinski definition) is 3. The van der Waals surface area contributed by atoms with Gasteiger partial charge in [0, 0.05) is 39.1 Å². The summed E-state index contributed by atoms with van der Waals surface area (Å²) in [6.07, 6.45) is 0.419. The largest absolute Gasteiger partial charge is 0.480 e. The maximum Gasteiger partial charge on any atom is 0.326 e. The molecular weight excluding hydrogens is 708 g/mol. The zero-order valence-corrected chi connectivity index (χ0v) is 34.5. The summed E-state index contributed by atoms with van der Waals surface area (Å²) >= 11 is 0. The third-order valence-corrected chi connectivity index (χ3v) is 10.9. The van der Waals surface area contributed by atoms with Gasteiger partial charge < -0.3 is 35.0 Å². The highest BCUT2D eigenvalue weighted by Gasteiger charge is 2.43. The fraction of sp³-hybridized carbons (Fsp3) is 0.718. The zero-order valence-electron chi connectivity index (χ0n) is 34.5. The fourth-order valence-electron chi connectivity index (χ4n) is 7.79. The number of carbonyl (C=O) groups is 5. The van der Waals surface area contributed by atoms with Gasteiger partial charge in [0.25, 0.3) is 0 Å². The lowest BCUT2D eigenvalue weighted by Gasteiger charge is -2.41. The van der Waals surface area contributed by atoms with Gasteiger partial charge in [-0.3, -0.25) is 24.1 Å². The number of likely N-dealkylation sites (N-methyl/N-ethyl adjacent to an activating group) is 2. The van der Waals surface area contributed by atoms with E-state index in [1.165, 1.54) is 19.1 Å². The molecule has 0 aliphatic carbocycles. The lowest BCUT2D eigenvalue weighted by Crippen LogP contribution is -2.60. The second kappa shape index (κ2) is 22.3. The highest BCUT2D eigenvalue weighted by Crippen LogP contribution is 2.30. The van der Waals surface area contributed by atoms with Crippen molar-refractivity contribution in [3.05, 3.63) is 46.3 Å². The van der Waals surface area contributed by atoms with Crippen molar-refractivity contribution in [2.75, 3.05) is 41.9 Å². The summed E-state index contributed by atoms with van der Waals surface area (Å²) < 4.78 is 11.8. The molecule has 55 heavy (non-hydrogen) atoms. The van der Waals surface area contributed by atoms with E-state index in [-0.39, 0.29) is 36.5 Å². The first kappa shape index (κ1) is 46.9. The van der Waals surface area contributed by atoms with Crippen molar-refractivity contribution in [1.29, 1.82) is 0 Å². The molecule has 1 aromatic rings. The number of carboxylic acid groups (broad SMARTS) is 1. The Morgan fingerprint density at radius 3 is 2.15 bits per heavy atom. The lowest BCUT2D eigenvalue weighted by atomic mass is 9.89. The van der Waals surface area contributed by atoms with Crippen LogP contribution >= 0.6 is 0 Å². The molecule has 16 heteroatoms. The van der Waals surface area contributed by atoms with Crippen LogP contribution in [0.5, 0.6) is 0 Å². The van der Waals surface area contributed by atoms with Gasteiger partial charge in [-0.05, 0) is 49.9 Å². The van der Waals surface area contributed by atoms with Crippen LogP contribution in [0.2, 0.25) is 0 Å². The minimum absolute atomic E-state index is 0.0687. The molecule has 1 aliphatic rings. The summed E-state index contributed by atoms with van der Waals surface area (Å²) in [6.45, 7) is 11.4. The summed E-state index contributed by atoms with van der Waals surface area (Å²) in [6, 6.07) is 4.17. The molecule has 4 amide bonds. The first-order chi connectivity index (χ1) is 25.9. The summed E-state index contributed by atoms with van der Waals surface area (Å²) in [5.74, 6) is -3.77. The van der Waals surface area contributed by atoms with Crippen LogP contribution in [0.15, 0.2) is 35.4 Å². The molecular formula is C39H64N8O8. The van der Waals surface area contributed by atoms with Crippen LogP contribution in [0.4, 0.5) is 0 Å². The summed E-state index contributed by atoms with van der Waals surface area (Å²) in [5, 5.41) is 19.1. The highest BCUT2D eigenvalue weighted by molar-refractivity contribution is 5.91. The Balaban J connectivity index is 2.33. The smallest absolute Gasteiger partial charge is 0.326 e.